The lowest BCUT2D eigenvalue weighted by atomic mass is 10.2. The Bertz CT molecular complexity index is 513. The van der Waals surface area contributed by atoms with Crippen LogP contribution >= 0.6 is 0 Å². The van der Waals surface area contributed by atoms with Gasteiger partial charge in [-0.05, 0) is 44.0 Å². The Balaban J connectivity index is 1.95. The molecule has 0 saturated heterocycles. The first kappa shape index (κ1) is 15.3. The molecular formula is C15H18FNO4. The van der Waals surface area contributed by atoms with Gasteiger partial charge in [-0.2, -0.15) is 0 Å². The molecule has 0 bridgehead atoms. The van der Waals surface area contributed by atoms with Crippen molar-refractivity contribution in [3.63, 3.8) is 0 Å². The second kappa shape index (κ2) is 6.56. The molecule has 0 spiro atoms. The van der Waals surface area contributed by atoms with E-state index < -0.39 is 12.1 Å². The molecule has 1 atom stereocenters. The molecule has 1 N–H and O–H groups in total. The van der Waals surface area contributed by atoms with Crippen LogP contribution in [0.1, 0.15) is 26.2 Å². The van der Waals surface area contributed by atoms with Crippen LogP contribution in [-0.2, 0) is 9.59 Å². The highest BCUT2D eigenvalue weighted by Crippen LogP contribution is 2.28. The van der Waals surface area contributed by atoms with Crippen molar-refractivity contribution < 1.29 is 23.8 Å². The highest BCUT2D eigenvalue weighted by atomic mass is 19.1. The molecule has 0 aliphatic heterocycles. The summed E-state index contributed by atoms with van der Waals surface area (Å²) in [6, 6.07) is 5.55. The minimum Gasteiger partial charge on any atom is -0.481 e. The molecule has 1 aromatic carbocycles. The smallest absolute Gasteiger partial charge is 0.305 e. The van der Waals surface area contributed by atoms with Gasteiger partial charge in [-0.15, -0.1) is 0 Å². The molecular weight excluding hydrogens is 277 g/mol. The Morgan fingerprint density at radius 2 is 2.00 bits per heavy atom. The summed E-state index contributed by atoms with van der Waals surface area (Å²) in [6.07, 6.45) is 0.985. The summed E-state index contributed by atoms with van der Waals surface area (Å²) in [7, 11) is 0. The van der Waals surface area contributed by atoms with Gasteiger partial charge in [-0.25, -0.2) is 4.39 Å². The molecule has 0 aromatic heterocycles. The molecule has 6 heteroatoms. The highest BCUT2D eigenvalue weighted by Gasteiger charge is 2.35. The highest BCUT2D eigenvalue weighted by molar-refractivity contribution is 5.82. The zero-order valence-corrected chi connectivity index (χ0v) is 11.8. The Morgan fingerprint density at radius 3 is 2.52 bits per heavy atom. The van der Waals surface area contributed by atoms with Gasteiger partial charge in [0.2, 0.25) is 0 Å². The van der Waals surface area contributed by atoms with Crippen LogP contribution in [0.3, 0.4) is 0 Å². The lowest BCUT2D eigenvalue weighted by Gasteiger charge is -2.25. The second-order valence-electron chi connectivity index (χ2n) is 5.12. The van der Waals surface area contributed by atoms with Gasteiger partial charge >= 0.3 is 5.97 Å². The van der Waals surface area contributed by atoms with Gasteiger partial charge in [0.15, 0.2) is 6.10 Å². The van der Waals surface area contributed by atoms with E-state index in [2.05, 4.69) is 0 Å². The number of hydrogen-bond acceptors (Lipinski definition) is 3. The molecule has 1 aliphatic rings. The zero-order valence-electron chi connectivity index (χ0n) is 11.8. The molecule has 2 rings (SSSR count). The van der Waals surface area contributed by atoms with Crippen molar-refractivity contribution >= 4 is 11.9 Å². The molecule has 1 aliphatic carbocycles. The Morgan fingerprint density at radius 1 is 1.38 bits per heavy atom. The number of benzene rings is 1. The monoisotopic (exact) mass is 295 g/mol. The maximum atomic E-state index is 12.8. The molecule has 0 radical (unpaired) electrons. The summed E-state index contributed by atoms with van der Waals surface area (Å²) < 4.78 is 18.3. The van der Waals surface area contributed by atoms with Crippen LogP contribution in [0, 0.1) is 5.82 Å². The predicted octanol–water partition coefficient (Wildman–Crippen LogP) is 2.06. The van der Waals surface area contributed by atoms with E-state index >= 15 is 0 Å². The third kappa shape index (κ3) is 4.44. The van der Waals surface area contributed by atoms with Gasteiger partial charge in [0.25, 0.3) is 5.91 Å². The van der Waals surface area contributed by atoms with Crippen LogP contribution < -0.4 is 4.74 Å². The first-order chi connectivity index (χ1) is 9.97. The van der Waals surface area contributed by atoms with Crippen molar-refractivity contribution in [2.24, 2.45) is 0 Å². The summed E-state index contributed by atoms with van der Waals surface area (Å²) in [5, 5.41) is 8.74. The van der Waals surface area contributed by atoms with Crippen LogP contribution in [0.15, 0.2) is 24.3 Å². The molecule has 21 heavy (non-hydrogen) atoms. The number of aliphatic carboxylic acids is 1. The molecule has 114 valence electrons. The summed E-state index contributed by atoms with van der Waals surface area (Å²) in [5.41, 5.74) is 0. The van der Waals surface area contributed by atoms with E-state index in [0.717, 1.165) is 12.8 Å². The van der Waals surface area contributed by atoms with Crippen molar-refractivity contribution in [3.05, 3.63) is 30.1 Å². The SMILES string of the molecule is CC(Oc1ccc(F)cc1)C(=O)N(CCC(=O)O)C1CC1. The largest absolute Gasteiger partial charge is 0.481 e. The number of ether oxygens (including phenoxy) is 1. The van der Waals surface area contributed by atoms with E-state index in [0.29, 0.717) is 5.75 Å². The number of carbonyl (C=O) groups excluding carboxylic acids is 1. The van der Waals surface area contributed by atoms with Crippen LogP contribution in [0.4, 0.5) is 4.39 Å². The Kier molecular flexibility index (Phi) is 4.77. The lowest BCUT2D eigenvalue weighted by Crippen LogP contribution is -2.42. The number of amides is 1. The molecule has 1 saturated carbocycles. The fourth-order valence-electron chi connectivity index (χ4n) is 2.08. The van der Waals surface area contributed by atoms with Crippen molar-refractivity contribution in [1.82, 2.24) is 4.90 Å². The minimum absolute atomic E-state index is 0.0779. The third-order valence-electron chi connectivity index (χ3n) is 3.31. The maximum absolute atomic E-state index is 12.8. The molecule has 0 heterocycles. The number of carboxylic acid groups (broad SMARTS) is 1. The van der Waals surface area contributed by atoms with Gasteiger partial charge in [0, 0.05) is 12.6 Å². The number of rotatable bonds is 7. The van der Waals surface area contributed by atoms with E-state index in [-0.39, 0.29) is 30.7 Å². The van der Waals surface area contributed by atoms with Gasteiger partial charge in [0.05, 0.1) is 6.42 Å². The van der Waals surface area contributed by atoms with Crippen molar-refractivity contribution in [2.45, 2.75) is 38.3 Å². The van der Waals surface area contributed by atoms with E-state index in [1.165, 1.54) is 24.3 Å². The third-order valence-corrected chi connectivity index (χ3v) is 3.31. The normalized spacial score (nSPS) is 15.3. The quantitative estimate of drug-likeness (QED) is 0.836. The zero-order chi connectivity index (χ0) is 15.4. The van der Waals surface area contributed by atoms with Crippen LogP contribution in [0.5, 0.6) is 5.75 Å². The summed E-state index contributed by atoms with van der Waals surface area (Å²) in [5.74, 6) is -1.13. The topological polar surface area (TPSA) is 66.8 Å². The van der Waals surface area contributed by atoms with Crippen molar-refractivity contribution in [3.8, 4) is 5.75 Å². The summed E-state index contributed by atoms with van der Waals surface area (Å²) >= 11 is 0. The first-order valence-electron chi connectivity index (χ1n) is 6.92. The standard InChI is InChI=1S/C15H18FNO4/c1-10(21-13-6-2-11(16)3-7-13)15(20)17(12-4-5-12)9-8-14(18)19/h2-3,6-7,10,12H,4-5,8-9H2,1H3,(H,18,19). The minimum atomic E-state index is -0.930. The van der Waals surface area contributed by atoms with E-state index in [1.54, 1.807) is 11.8 Å². The number of carboxylic acids is 1. The molecule has 1 aromatic rings. The molecule has 1 fully saturated rings. The average Bonchev–Trinajstić information content (AvgIpc) is 3.25. The van der Waals surface area contributed by atoms with Crippen LogP contribution in [0.25, 0.3) is 0 Å². The average molecular weight is 295 g/mol. The molecule has 1 unspecified atom stereocenters. The lowest BCUT2D eigenvalue weighted by molar-refractivity contribution is -0.141. The Hall–Kier alpha value is -2.11. The fraction of sp³-hybridized carbons (Fsp3) is 0.467. The Labute approximate surface area is 122 Å². The first-order valence-corrected chi connectivity index (χ1v) is 6.92. The summed E-state index contributed by atoms with van der Waals surface area (Å²) in [4.78, 5) is 24.6. The number of nitrogens with zero attached hydrogens (tertiary/aromatic N) is 1. The molecule has 5 nitrogen and oxygen atoms in total. The van der Waals surface area contributed by atoms with Crippen molar-refractivity contribution in [2.75, 3.05) is 6.54 Å². The number of carbonyl (C=O) groups is 2. The van der Waals surface area contributed by atoms with Gasteiger partial charge < -0.3 is 14.7 Å². The van der Waals surface area contributed by atoms with Crippen LogP contribution in [-0.4, -0.2) is 40.6 Å². The van der Waals surface area contributed by atoms with Gasteiger partial charge in [-0.3, -0.25) is 9.59 Å². The number of halogens is 1. The van der Waals surface area contributed by atoms with Gasteiger partial charge in [-0.1, -0.05) is 0 Å². The van der Waals surface area contributed by atoms with Crippen molar-refractivity contribution in [1.29, 1.82) is 0 Å². The van der Waals surface area contributed by atoms with Crippen LogP contribution in [0.2, 0.25) is 0 Å². The fourth-order valence-corrected chi connectivity index (χ4v) is 2.08. The molecule has 1 amide bonds. The predicted molar refractivity (Wildman–Crippen MR) is 73.5 cm³/mol. The number of hydrogen-bond donors (Lipinski definition) is 1. The summed E-state index contributed by atoms with van der Waals surface area (Å²) in [6.45, 7) is 1.80. The van der Waals surface area contributed by atoms with Gasteiger partial charge in [0.1, 0.15) is 11.6 Å². The van der Waals surface area contributed by atoms with E-state index in [4.69, 9.17) is 9.84 Å². The van der Waals surface area contributed by atoms with E-state index in [1.807, 2.05) is 0 Å². The second-order valence-corrected chi connectivity index (χ2v) is 5.12. The maximum Gasteiger partial charge on any atom is 0.305 e. The van der Waals surface area contributed by atoms with E-state index in [9.17, 15) is 14.0 Å².